The minimum absolute atomic E-state index is 0.162. The molecule has 8 heteroatoms. The fraction of sp³-hybridized carbons (Fsp3) is 0.400. The summed E-state index contributed by atoms with van der Waals surface area (Å²) in [7, 11) is 3.29. The van der Waals surface area contributed by atoms with Gasteiger partial charge in [0.25, 0.3) is 0 Å². The van der Waals surface area contributed by atoms with Gasteiger partial charge < -0.3 is 10.1 Å². The van der Waals surface area contributed by atoms with Gasteiger partial charge >= 0.3 is 12.1 Å². The monoisotopic (exact) mass is 495 g/mol. The van der Waals surface area contributed by atoms with Crippen LogP contribution in [0.15, 0.2) is 58.0 Å². The van der Waals surface area contributed by atoms with Gasteiger partial charge in [0.1, 0.15) is 0 Å². The number of carbonyl (C=O) groups excluding carboxylic acids is 1. The second-order valence-electron chi connectivity index (χ2n) is 8.06. The summed E-state index contributed by atoms with van der Waals surface area (Å²) in [5.41, 5.74) is 3.88. The summed E-state index contributed by atoms with van der Waals surface area (Å²) < 4.78 is 43.1. The molecule has 1 unspecified atom stereocenters. The number of fused-ring (bicyclic) bond motifs is 1. The van der Waals surface area contributed by atoms with E-state index < -0.39 is 11.7 Å². The summed E-state index contributed by atoms with van der Waals surface area (Å²) in [6, 6.07) is 11.8. The summed E-state index contributed by atoms with van der Waals surface area (Å²) in [4.78, 5) is 13.9. The molecule has 0 saturated heterocycles. The third-order valence-corrected chi connectivity index (χ3v) is 8.22. The molecule has 1 atom stereocenters. The average Bonchev–Trinajstić information content (AvgIpc) is 3.19. The fourth-order valence-corrected chi connectivity index (χ4v) is 6.01. The largest absolute Gasteiger partial charge is 0.469 e. The first-order valence-electron chi connectivity index (χ1n) is 10.7. The summed E-state index contributed by atoms with van der Waals surface area (Å²) in [6.45, 7) is 2.01. The molecule has 0 aliphatic heterocycles. The van der Waals surface area contributed by atoms with E-state index in [1.165, 1.54) is 23.1 Å². The number of benzene rings is 2. The molecule has 0 radical (unpaired) electrons. The van der Waals surface area contributed by atoms with Crippen LogP contribution in [0.25, 0.3) is 0 Å². The van der Waals surface area contributed by atoms with Crippen molar-refractivity contribution < 1.29 is 22.7 Å². The van der Waals surface area contributed by atoms with E-state index in [2.05, 4.69) is 23.5 Å². The van der Waals surface area contributed by atoms with E-state index in [0.29, 0.717) is 18.1 Å². The molecule has 0 heterocycles. The molecule has 0 aromatic heterocycles. The number of methoxy groups -OCH3 is 1. The Kier molecular flexibility index (Phi) is 8.82. The molecule has 0 amide bonds. The Balaban J connectivity index is 1.59. The molecule has 2 aromatic rings. The zero-order valence-corrected chi connectivity index (χ0v) is 20.6. The van der Waals surface area contributed by atoms with Crippen LogP contribution in [-0.4, -0.2) is 25.9 Å². The zero-order valence-electron chi connectivity index (χ0n) is 18.9. The highest BCUT2D eigenvalue weighted by atomic mass is 32.2. The highest BCUT2D eigenvalue weighted by molar-refractivity contribution is 8.05. The molecule has 0 bridgehead atoms. The van der Waals surface area contributed by atoms with E-state index in [9.17, 15) is 18.0 Å². The molecule has 33 heavy (non-hydrogen) atoms. The maximum Gasteiger partial charge on any atom is 0.416 e. The standard InChI is InChI=1S/C25H28F3NO2S2/c1-16(29-2)23(33-14-17-4-7-21(8-5-17)25(26,27)28)15-32-22-9-6-19-10-18(11-20(19)13-22)12-24(30)31-3/h4-9,13,18,29H,10-12,14-15H2,1-3H3/b23-16-. The highest BCUT2D eigenvalue weighted by Gasteiger charge is 2.30. The van der Waals surface area contributed by atoms with Crippen molar-refractivity contribution in [1.82, 2.24) is 5.32 Å². The Labute approximate surface area is 201 Å². The van der Waals surface area contributed by atoms with Gasteiger partial charge in [0.2, 0.25) is 0 Å². The van der Waals surface area contributed by atoms with Crippen molar-refractivity contribution in [3.8, 4) is 0 Å². The van der Waals surface area contributed by atoms with Gasteiger partial charge in [-0.25, -0.2) is 0 Å². The van der Waals surface area contributed by atoms with Gasteiger partial charge in [0.05, 0.1) is 12.7 Å². The summed E-state index contributed by atoms with van der Waals surface area (Å²) in [6.07, 6.45) is -2.07. The molecule has 0 spiro atoms. The first kappa shape index (κ1) is 25.6. The molecular formula is C25H28F3NO2S2. The summed E-state index contributed by atoms with van der Waals surface area (Å²) in [5.74, 6) is 1.51. The Morgan fingerprint density at radius 3 is 2.45 bits per heavy atom. The first-order chi connectivity index (χ1) is 15.7. The van der Waals surface area contributed by atoms with Crippen molar-refractivity contribution in [2.24, 2.45) is 5.92 Å². The number of rotatable bonds is 9. The van der Waals surface area contributed by atoms with E-state index in [4.69, 9.17) is 4.74 Å². The lowest BCUT2D eigenvalue weighted by Crippen LogP contribution is -2.09. The molecule has 3 nitrogen and oxygen atoms in total. The number of nitrogens with one attached hydrogen (secondary N) is 1. The fourth-order valence-electron chi connectivity index (χ4n) is 3.75. The van der Waals surface area contributed by atoms with Crippen molar-refractivity contribution in [3.05, 3.63) is 75.3 Å². The van der Waals surface area contributed by atoms with Crippen LogP contribution in [0.2, 0.25) is 0 Å². The summed E-state index contributed by atoms with van der Waals surface area (Å²) in [5, 5.41) is 3.19. The van der Waals surface area contributed by atoms with Gasteiger partial charge in [-0.2, -0.15) is 13.2 Å². The number of ether oxygens (including phenoxy) is 1. The number of esters is 1. The van der Waals surface area contributed by atoms with Gasteiger partial charge in [-0.3, -0.25) is 4.79 Å². The molecule has 1 aliphatic carbocycles. The van der Waals surface area contributed by atoms with Gasteiger partial charge in [0, 0.05) is 40.5 Å². The lowest BCUT2D eigenvalue weighted by Gasteiger charge is -2.13. The smallest absolute Gasteiger partial charge is 0.416 e. The highest BCUT2D eigenvalue weighted by Crippen LogP contribution is 2.35. The van der Waals surface area contributed by atoms with Gasteiger partial charge in [-0.15, -0.1) is 23.5 Å². The van der Waals surface area contributed by atoms with Crippen molar-refractivity contribution in [1.29, 1.82) is 0 Å². The molecule has 3 rings (SSSR count). The summed E-state index contributed by atoms with van der Waals surface area (Å²) >= 11 is 3.38. The molecule has 1 N–H and O–H groups in total. The van der Waals surface area contributed by atoms with Crippen LogP contribution in [-0.2, 0) is 34.3 Å². The maximum atomic E-state index is 12.8. The second kappa shape index (κ2) is 11.4. The number of alkyl halides is 3. The van der Waals surface area contributed by atoms with E-state index >= 15 is 0 Å². The predicted octanol–water partition coefficient (Wildman–Crippen LogP) is 6.46. The molecule has 0 fully saturated rings. The molecular weight excluding hydrogens is 467 g/mol. The minimum atomic E-state index is -4.31. The van der Waals surface area contributed by atoms with Crippen LogP contribution < -0.4 is 5.32 Å². The van der Waals surface area contributed by atoms with Crippen LogP contribution in [0, 0.1) is 5.92 Å². The Hall–Kier alpha value is -2.06. The van der Waals surface area contributed by atoms with Crippen LogP contribution in [0.4, 0.5) is 13.2 Å². The van der Waals surface area contributed by atoms with Crippen LogP contribution in [0.1, 0.15) is 35.6 Å². The van der Waals surface area contributed by atoms with Crippen LogP contribution in [0.3, 0.4) is 0 Å². The van der Waals surface area contributed by atoms with Gasteiger partial charge in [-0.05, 0) is 66.6 Å². The van der Waals surface area contributed by atoms with Crippen molar-refractivity contribution >= 4 is 29.5 Å². The normalized spacial score (nSPS) is 16.2. The number of carbonyl (C=O) groups is 1. The number of hydrogen-bond donors (Lipinski definition) is 1. The number of allylic oxidation sites excluding steroid dienone is 1. The third kappa shape index (κ3) is 7.21. The first-order valence-corrected chi connectivity index (χ1v) is 12.6. The van der Waals surface area contributed by atoms with Crippen molar-refractivity contribution in [2.75, 3.05) is 19.9 Å². The molecule has 0 saturated carbocycles. The van der Waals surface area contributed by atoms with Crippen molar-refractivity contribution in [3.63, 3.8) is 0 Å². The van der Waals surface area contributed by atoms with Crippen molar-refractivity contribution in [2.45, 2.75) is 43.0 Å². The van der Waals surface area contributed by atoms with Crippen LogP contribution >= 0.6 is 23.5 Å². The quantitative estimate of drug-likeness (QED) is 0.319. The Morgan fingerprint density at radius 2 is 1.82 bits per heavy atom. The average molecular weight is 496 g/mol. The third-order valence-electron chi connectivity index (χ3n) is 5.74. The SMILES string of the molecule is CN/C(C)=C(/CSc1ccc2c(c1)CC(CC(=O)OC)C2)SCc1ccc(C(F)(F)F)cc1. The Bertz CT molecular complexity index is 1000. The molecule has 2 aromatic carbocycles. The molecule has 1 aliphatic rings. The Morgan fingerprint density at radius 1 is 1.12 bits per heavy atom. The van der Waals surface area contributed by atoms with E-state index in [0.717, 1.165) is 46.9 Å². The molecule has 178 valence electrons. The second-order valence-corrected chi connectivity index (χ2v) is 10.2. The lowest BCUT2D eigenvalue weighted by molar-refractivity contribution is -0.141. The number of halogens is 3. The van der Waals surface area contributed by atoms with Gasteiger partial charge in [0.15, 0.2) is 0 Å². The predicted molar refractivity (Wildman–Crippen MR) is 129 cm³/mol. The number of thioether (sulfide) groups is 2. The van der Waals surface area contributed by atoms with Crippen LogP contribution in [0.5, 0.6) is 0 Å². The lowest BCUT2D eigenvalue weighted by atomic mass is 10.0. The minimum Gasteiger partial charge on any atom is -0.469 e. The van der Waals surface area contributed by atoms with E-state index in [1.54, 1.807) is 35.7 Å². The zero-order chi connectivity index (χ0) is 24.0. The van der Waals surface area contributed by atoms with Gasteiger partial charge in [-0.1, -0.05) is 18.2 Å². The van der Waals surface area contributed by atoms with E-state index in [1.807, 2.05) is 14.0 Å². The number of hydrogen-bond acceptors (Lipinski definition) is 5. The van der Waals surface area contributed by atoms with E-state index in [-0.39, 0.29) is 5.97 Å². The topological polar surface area (TPSA) is 38.3 Å². The maximum absolute atomic E-state index is 12.8.